The maximum Gasteiger partial charge on any atom is 0.339 e. The number of hydrogen-bond acceptors (Lipinski definition) is 4. The minimum absolute atomic E-state index is 0.188. The number of hydrogen-bond donors (Lipinski definition) is 1. The molecule has 1 heterocycles. The molecule has 3 aromatic carbocycles. The van der Waals surface area contributed by atoms with Crippen molar-refractivity contribution in [3.63, 3.8) is 0 Å². The standard InChI is InChI=1S/C25H24O5/c1-28-23-14-19(10-12-21(23)25(26)27)8-6-17-2-4-18(5-3-17)7-9-20-11-13-22-24(15-20)30-16-29-22/h2-5,10-15H,6-9,16H2,1H3,(H,26,27). The number of aryl methyl sites for hydroxylation is 4. The van der Waals surface area contributed by atoms with E-state index in [1.807, 2.05) is 18.2 Å². The van der Waals surface area contributed by atoms with Crippen LogP contribution in [-0.2, 0) is 25.7 Å². The molecule has 1 N–H and O–H groups in total. The van der Waals surface area contributed by atoms with Gasteiger partial charge in [-0.25, -0.2) is 4.79 Å². The van der Waals surface area contributed by atoms with Crippen molar-refractivity contribution in [3.8, 4) is 17.2 Å². The molecule has 5 nitrogen and oxygen atoms in total. The first-order chi connectivity index (χ1) is 14.6. The van der Waals surface area contributed by atoms with Crippen molar-refractivity contribution in [1.82, 2.24) is 0 Å². The molecule has 0 saturated carbocycles. The number of ether oxygens (including phenoxy) is 3. The van der Waals surface area contributed by atoms with Crippen molar-refractivity contribution in [1.29, 1.82) is 0 Å². The van der Waals surface area contributed by atoms with Crippen LogP contribution in [0.1, 0.15) is 32.6 Å². The largest absolute Gasteiger partial charge is 0.496 e. The summed E-state index contributed by atoms with van der Waals surface area (Å²) in [6.07, 6.45) is 3.63. The van der Waals surface area contributed by atoms with Gasteiger partial charge in [-0.05, 0) is 72.2 Å². The van der Waals surface area contributed by atoms with Crippen molar-refractivity contribution in [2.45, 2.75) is 25.7 Å². The third-order valence-corrected chi connectivity index (χ3v) is 5.36. The second-order valence-corrected chi connectivity index (χ2v) is 7.34. The molecule has 30 heavy (non-hydrogen) atoms. The Balaban J connectivity index is 1.32. The zero-order chi connectivity index (χ0) is 20.9. The summed E-state index contributed by atoms with van der Waals surface area (Å²) in [6, 6.07) is 20.1. The third-order valence-electron chi connectivity index (χ3n) is 5.36. The van der Waals surface area contributed by atoms with Crippen LogP contribution >= 0.6 is 0 Å². The molecule has 0 atom stereocenters. The van der Waals surface area contributed by atoms with Crippen LogP contribution in [0.25, 0.3) is 0 Å². The monoisotopic (exact) mass is 404 g/mol. The molecule has 0 unspecified atom stereocenters. The van der Waals surface area contributed by atoms with E-state index in [0.29, 0.717) is 12.5 Å². The van der Waals surface area contributed by atoms with Gasteiger partial charge in [-0.3, -0.25) is 0 Å². The Kier molecular flexibility index (Phi) is 5.89. The molecular weight excluding hydrogens is 380 g/mol. The van der Waals surface area contributed by atoms with E-state index in [2.05, 4.69) is 36.4 Å². The Labute approximate surface area is 175 Å². The van der Waals surface area contributed by atoms with Gasteiger partial charge in [0.2, 0.25) is 6.79 Å². The molecule has 154 valence electrons. The van der Waals surface area contributed by atoms with Crippen LogP contribution in [0.3, 0.4) is 0 Å². The lowest BCUT2D eigenvalue weighted by molar-refractivity contribution is 0.0693. The predicted molar refractivity (Wildman–Crippen MR) is 114 cm³/mol. The third kappa shape index (κ3) is 4.57. The van der Waals surface area contributed by atoms with E-state index in [4.69, 9.17) is 14.2 Å². The molecule has 1 aliphatic heterocycles. The van der Waals surface area contributed by atoms with Crippen molar-refractivity contribution in [2.24, 2.45) is 0 Å². The van der Waals surface area contributed by atoms with Gasteiger partial charge in [0.15, 0.2) is 11.5 Å². The molecule has 0 bridgehead atoms. The maximum absolute atomic E-state index is 11.2. The molecule has 4 rings (SSSR count). The summed E-state index contributed by atoms with van der Waals surface area (Å²) >= 11 is 0. The van der Waals surface area contributed by atoms with Crippen molar-refractivity contribution < 1.29 is 24.1 Å². The molecule has 0 aliphatic carbocycles. The molecule has 0 radical (unpaired) electrons. The molecule has 0 saturated heterocycles. The van der Waals surface area contributed by atoms with Crippen LogP contribution in [0.15, 0.2) is 60.7 Å². The van der Waals surface area contributed by atoms with Crippen molar-refractivity contribution >= 4 is 5.97 Å². The average molecular weight is 404 g/mol. The quantitative estimate of drug-likeness (QED) is 0.590. The smallest absolute Gasteiger partial charge is 0.339 e. The van der Waals surface area contributed by atoms with Gasteiger partial charge in [0, 0.05) is 0 Å². The minimum atomic E-state index is -0.977. The fourth-order valence-electron chi connectivity index (χ4n) is 3.61. The van der Waals surface area contributed by atoms with Gasteiger partial charge in [-0.2, -0.15) is 0 Å². The maximum atomic E-state index is 11.2. The Morgan fingerprint density at radius 2 is 1.33 bits per heavy atom. The number of rotatable bonds is 8. The minimum Gasteiger partial charge on any atom is -0.496 e. The highest BCUT2D eigenvalue weighted by Gasteiger charge is 2.13. The zero-order valence-electron chi connectivity index (χ0n) is 16.9. The van der Waals surface area contributed by atoms with Gasteiger partial charge in [0.05, 0.1) is 7.11 Å². The SMILES string of the molecule is COc1cc(CCc2ccc(CCc3ccc4c(c3)OCO4)cc2)ccc1C(=O)O. The van der Waals surface area contributed by atoms with Crippen LogP contribution < -0.4 is 14.2 Å². The molecule has 0 aromatic heterocycles. The van der Waals surface area contributed by atoms with Gasteiger partial charge in [0.25, 0.3) is 0 Å². The Morgan fingerprint density at radius 3 is 1.97 bits per heavy atom. The average Bonchev–Trinajstić information content (AvgIpc) is 3.24. The molecule has 3 aromatic rings. The number of carboxylic acids is 1. The molecule has 5 heteroatoms. The normalized spacial score (nSPS) is 12.0. The summed E-state index contributed by atoms with van der Waals surface area (Å²) in [7, 11) is 1.49. The number of fused-ring (bicyclic) bond motifs is 1. The molecule has 0 spiro atoms. The highest BCUT2D eigenvalue weighted by atomic mass is 16.7. The van der Waals surface area contributed by atoms with Crippen LogP contribution in [0.5, 0.6) is 17.2 Å². The first kappa shape index (κ1) is 19.8. The van der Waals surface area contributed by atoms with Crippen LogP contribution in [-0.4, -0.2) is 25.0 Å². The van der Waals surface area contributed by atoms with Crippen molar-refractivity contribution in [2.75, 3.05) is 13.9 Å². The second-order valence-electron chi connectivity index (χ2n) is 7.34. The summed E-state index contributed by atoms with van der Waals surface area (Å²) in [5.74, 6) is 1.07. The number of benzene rings is 3. The topological polar surface area (TPSA) is 65.0 Å². The van der Waals surface area contributed by atoms with Crippen LogP contribution in [0.4, 0.5) is 0 Å². The number of carbonyl (C=O) groups is 1. The van der Waals surface area contributed by atoms with E-state index in [1.54, 1.807) is 6.07 Å². The molecule has 0 amide bonds. The molecule has 1 aliphatic rings. The summed E-state index contributed by atoms with van der Waals surface area (Å²) in [6.45, 7) is 0.302. The first-order valence-corrected chi connectivity index (χ1v) is 9.99. The van der Waals surface area contributed by atoms with Gasteiger partial charge in [-0.15, -0.1) is 0 Å². The molecule has 0 fully saturated rings. The second kappa shape index (κ2) is 8.91. The van der Waals surface area contributed by atoms with Gasteiger partial charge in [0.1, 0.15) is 11.3 Å². The Morgan fingerprint density at radius 1 is 0.800 bits per heavy atom. The van der Waals surface area contributed by atoms with E-state index in [9.17, 15) is 9.90 Å². The van der Waals surface area contributed by atoms with Crippen molar-refractivity contribution in [3.05, 3.63) is 88.5 Å². The van der Waals surface area contributed by atoms with E-state index in [-0.39, 0.29) is 5.56 Å². The van der Waals surface area contributed by atoms with E-state index < -0.39 is 5.97 Å². The Bertz CT molecular complexity index is 1040. The first-order valence-electron chi connectivity index (χ1n) is 9.99. The number of methoxy groups -OCH3 is 1. The number of aromatic carboxylic acids is 1. The van der Waals surface area contributed by atoms with Crippen LogP contribution in [0, 0.1) is 0 Å². The number of carboxylic acid groups (broad SMARTS) is 1. The summed E-state index contributed by atoms with van der Waals surface area (Å²) in [5, 5.41) is 9.19. The zero-order valence-corrected chi connectivity index (χ0v) is 16.9. The lowest BCUT2D eigenvalue weighted by Crippen LogP contribution is -2.02. The van der Waals surface area contributed by atoms with Crippen LogP contribution in [0.2, 0.25) is 0 Å². The van der Waals surface area contributed by atoms with Gasteiger partial charge < -0.3 is 19.3 Å². The summed E-state index contributed by atoms with van der Waals surface area (Å²) in [5.41, 5.74) is 5.03. The fourth-order valence-corrected chi connectivity index (χ4v) is 3.61. The van der Waals surface area contributed by atoms with Gasteiger partial charge >= 0.3 is 5.97 Å². The summed E-state index contributed by atoms with van der Waals surface area (Å²) < 4.78 is 16.0. The lowest BCUT2D eigenvalue weighted by Gasteiger charge is -2.09. The van der Waals surface area contributed by atoms with Gasteiger partial charge in [-0.1, -0.05) is 36.4 Å². The fraction of sp³-hybridized carbons (Fsp3) is 0.240. The van der Waals surface area contributed by atoms with E-state index in [1.165, 1.54) is 23.8 Å². The van der Waals surface area contributed by atoms with E-state index >= 15 is 0 Å². The van der Waals surface area contributed by atoms with E-state index in [0.717, 1.165) is 42.7 Å². The summed E-state index contributed by atoms with van der Waals surface area (Å²) in [4.78, 5) is 11.2. The lowest BCUT2D eigenvalue weighted by atomic mass is 9.99. The predicted octanol–water partition coefficient (Wildman–Crippen LogP) is 4.69. The highest BCUT2D eigenvalue weighted by Crippen LogP contribution is 2.32. The highest BCUT2D eigenvalue weighted by molar-refractivity contribution is 5.91. The molecular formula is C25H24O5. The Hall–Kier alpha value is -3.47.